The van der Waals surface area contributed by atoms with Gasteiger partial charge < -0.3 is 10.2 Å². The van der Waals surface area contributed by atoms with Crippen molar-refractivity contribution < 1.29 is 14.4 Å². The van der Waals surface area contributed by atoms with Crippen molar-refractivity contribution >= 4 is 29.4 Å². The van der Waals surface area contributed by atoms with E-state index in [0.717, 1.165) is 29.7 Å². The first kappa shape index (κ1) is 23.6. The van der Waals surface area contributed by atoms with E-state index in [4.69, 9.17) is 11.6 Å². The van der Waals surface area contributed by atoms with E-state index < -0.39 is 11.6 Å². The summed E-state index contributed by atoms with van der Waals surface area (Å²) in [4.78, 5) is 41.4. The van der Waals surface area contributed by atoms with Crippen molar-refractivity contribution in [2.24, 2.45) is 11.3 Å². The molecule has 0 radical (unpaired) electrons. The lowest BCUT2D eigenvalue weighted by Crippen LogP contribution is -2.51. The second-order valence-corrected chi connectivity index (χ2v) is 10.2. The number of halogens is 1. The Morgan fingerprint density at radius 3 is 2.39 bits per heavy atom. The average Bonchev–Trinajstić information content (AvgIpc) is 2.97. The third-order valence-corrected chi connectivity index (χ3v) is 7.97. The molecule has 1 unspecified atom stereocenters. The van der Waals surface area contributed by atoms with E-state index in [2.05, 4.69) is 26.1 Å². The monoisotopic (exact) mass is 447 g/mol. The van der Waals surface area contributed by atoms with Crippen LogP contribution < -0.4 is 5.32 Å². The molecular formula is C24H34ClN3O3. The van der Waals surface area contributed by atoms with Gasteiger partial charge in [-0.05, 0) is 61.6 Å². The summed E-state index contributed by atoms with van der Waals surface area (Å²) in [6.45, 7) is 8.40. The topological polar surface area (TPSA) is 69.7 Å². The van der Waals surface area contributed by atoms with Gasteiger partial charge in [-0.25, -0.2) is 4.79 Å². The highest BCUT2D eigenvalue weighted by molar-refractivity contribution is 6.30. The molecule has 1 N–H and O–H groups in total. The molecule has 1 heterocycles. The Morgan fingerprint density at radius 1 is 1.26 bits per heavy atom. The highest BCUT2D eigenvalue weighted by Gasteiger charge is 2.53. The first-order chi connectivity index (χ1) is 14.5. The molecule has 1 saturated heterocycles. The molecule has 31 heavy (non-hydrogen) atoms. The molecule has 1 aliphatic carbocycles. The van der Waals surface area contributed by atoms with E-state index >= 15 is 0 Å². The summed E-state index contributed by atoms with van der Waals surface area (Å²) >= 11 is 5.95. The summed E-state index contributed by atoms with van der Waals surface area (Å²) in [7, 11) is 1.69. The fraction of sp³-hybridized carbons (Fsp3) is 0.625. The molecule has 3 rings (SSSR count). The molecule has 1 aliphatic heterocycles. The molecule has 2 fully saturated rings. The average molecular weight is 448 g/mol. The lowest BCUT2D eigenvalue weighted by Gasteiger charge is -2.42. The number of imide groups is 1. The Labute approximate surface area is 190 Å². The second kappa shape index (κ2) is 8.81. The van der Waals surface area contributed by atoms with Crippen molar-refractivity contribution in [3.63, 3.8) is 0 Å². The zero-order chi connectivity index (χ0) is 23.0. The zero-order valence-corrected chi connectivity index (χ0v) is 20.0. The maximum absolute atomic E-state index is 13.2. The summed E-state index contributed by atoms with van der Waals surface area (Å²) in [6.07, 6.45) is 4.16. The molecular weight excluding hydrogens is 414 g/mol. The van der Waals surface area contributed by atoms with Gasteiger partial charge in [-0.15, -0.1) is 0 Å². The first-order valence-electron chi connectivity index (χ1n) is 11.2. The van der Waals surface area contributed by atoms with Gasteiger partial charge in [0.05, 0.1) is 6.04 Å². The van der Waals surface area contributed by atoms with Crippen LogP contribution in [0, 0.1) is 11.3 Å². The van der Waals surface area contributed by atoms with Crippen molar-refractivity contribution in [1.29, 1.82) is 0 Å². The maximum Gasteiger partial charge on any atom is 0.325 e. The number of rotatable bonds is 6. The SMILES string of the molecule is CCC(C)(C)C1CCC2(CC1)NC(=O)N(CC(=O)N(C)C(C)c1ccc(Cl)cc1)C2=O. The van der Waals surface area contributed by atoms with E-state index in [1.54, 1.807) is 24.1 Å². The van der Waals surface area contributed by atoms with Crippen LogP contribution in [0.2, 0.25) is 5.02 Å². The first-order valence-corrected chi connectivity index (χ1v) is 11.5. The predicted molar refractivity (Wildman–Crippen MR) is 122 cm³/mol. The van der Waals surface area contributed by atoms with Crippen LogP contribution in [0.25, 0.3) is 0 Å². The number of hydrogen-bond acceptors (Lipinski definition) is 3. The van der Waals surface area contributed by atoms with Crippen LogP contribution in [0.3, 0.4) is 0 Å². The van der Waals surface area contributed by atoms with Gasteiger partial charge in [-0.1, -0.05) is 50.9 Å². The van der Waals surface area contributed by atoms with Crippen LogP contribution in [0.5, 0.6) is 0 Å². The molecule has 0 bridgehead atoms. The van der Waals surface area contributed by atoms with E-state index in [9.17, 15) is 14.4 Å². The molecule has 6 nitrogen and oxygen atoms in total. The van der Waals surface area contributed by atoms with E-state index in [-0.39, 0.29) is 29.8 Å². The van der Waals surface area contributed by atoms with Gasteiger partial charge in [0.1, 0.15) is 12.1 Å². The van der Waals surface area contributed by atoms with Crippen molar-refractivity contribution in [2.45, 2.75) is 71.4 Å². The zero-order valence-electron chi connectivity index (χ0n) is 19.2. The van der Waals surface area contributed by atoms with Crippen molar-refractivity contribution in [1.82, 2.24) is 15.1 Å². The second-order valence-electron chi connectivity index (χ2n) is 9.75. The minimum Gasteiger partial charge on any atom is -0.337 e. The number of likely N-dealkylation sites (N-methyl/N-ethyl adjacent to an activating group) is 1. The number of hydrogen-bond donors (Lipinski definition) is 1. The van der Waals surface area contributed by atoms with E-state index in [0.29, 0.717) is 23.8 Å². The number of carbonyl (C=O) groups is 3. The molecule has 0 aromatic heterocycles. The van der Waals surface area contributed by atoms with Gasteiger partial charge in [0.15, 0.2) is 0 Å². The summed E-state index contributed by atoms with van der Waals surface area (Å²) < 4.78 is 0. The molecule has 1 spiro atoms. The summed E-state index contributed by atoms with van der Waals surface area (Å²) in [5.41, 5.74) is 0.312. The maximum atomic E-state index is 13.2. The van der Waals surface area contributed by atoms with E-state index in [1.807, 2.05) is 19.1 Å². The largest absolute Gasteiger partial charge is 0.337 e. The van der Waals surface area contributed by atoms with Crippen LogP contribution in [0.4, 0.5) is 4.79 Å². The molecule has 7 heteroatoms. The minimum absolute atomic E-state index is 0.203. The molecule has 1 atom stereocenters. The van der Waals surface area contributed by atoms with Crippen molar-refractivity contribution in [3.05, 3.63) is 34.9 Å². The van der Waals surface area contributed by atoms with Gasteiger partial charge in [0.2, 0.25) is 5.91 Å². The Bertz CT molecular complexity index is 844. The highest BCUT2D eigenvalue weighted by atomic mass is 35.5. The van der Waals surface area contributed by atoms with Crippen LogP contribution >= 0.6 is 11.6 Å². The molecule has 2 aliphatic rings. The van der Waals surface area contributed by atoms with Crippen LogP contribution in [0.1, 0.15) is 71.4 Å². The Balaban J connectivity index is 1.65. The summed E-state index contributed by atoms with van der Waals surface area (Å²) in [5.74, 6) is 0.00446. The van der Waals surface area contributed by atoms with Gasteiger partial charge in [0.25, 0.3) is 5.91 Å². The number of benzene rings is 1. The third kappa shape index (κ3) is 4.59. The third-order valence-electron chi connectivity index (χ3n) is 7.72. The Hall–Kier alpha value is -2.08. The van der Waals surface area contributed by atoms with Crippen molar-refractivity contribution in [2.75, 3.05) is 13.6 Å². The summed E-state index contributed by atoms with van der Waals surface area (Å²) in [6, 6.07) is 6.64. The lowest BCUT2D eigenvalue weighted by molar-refractivity contribution is -0.140. The predicted octanol–water partition coefficient (Wildman–Crippen LogP) is 4.78. The molecule has 1 saturated carbocycles. The molecule has 1 aromatic carbocycles. The molecule has 170 valence electrons. The van der Waals surface area contributed by atoms with Crippen LogP contribution in [0.15, 0.2) is 24.3 Å². The fourth-order valence-corrected chi connectivity index (χ4v) is 4.89. The number of nitrogens with one attached hydrogen (secondary N) is 1. The quantitative estimate of drug-likeness (QED) is 0.638. The van der Waals surface area contributed by atoms with E-state index in [1.165, 1.54) is 0 Å². The van der Waals surface area contributed by atoms with Gasteiger partial charge in [-0.3, -0.25) is 14.5 Å². The standard InChI is InChI=1S/C24H34ClN3O3/c1-6-23(3,4)18-11-13-24(14-12-18)21(30)28(22(31)26-24)15-20(29)27(5)16(2)17-7-9-19(25)10-8-17/h7-10,16,18H,6,11-15H2,1-5H3,(H,26,31). The smallest absolute Gasteiger partial charge is 0.325 e. The normalized spacial score (nSPS) is 25.0. The Kier molecular flexibility index (Phi) is 6.70. The molecule has 4 amide bonds. The number of urea groups is 1. The van der Waals surface area contributed by atoms with Crippen LogP contribution in [-0.4, -0.2) is 46.8 Å². The van der Waals surface area contributed by atoms with Gasteiger partial charge >= 0.3 is 6.03 Å². The summed E-state index contributed by atoms with van der Waals surface area (Å²) in [5, 5.41) is 3.55. The fourth-order valence-electron chi connectivity index (χ4n) is 4.77. The number of nitrogens with zero attached hydrogens (tertiary/aromatic N) is 2. The van der Waals surface area contributed by atoms with Gasteiger partial charge in [0, 0.05) is 12.1 Å². The van der Waals surface area contributed by atoms with Crippen molar-refractivity contribution in [3.8, 4) is 0 Å². The van der Waals surface area contributed by atoms with Gasteiger partial charge in [-0.2, -0.15) is 0 Å². The molecule has 1 aromatic rings. The number of amides is 4. The van der Waals surface area contributed by atoms with Crippen LogP contribution in [-0.2, 0) is 9.59 Å². The highest BCUT2D eigenvalue weighted by Crippen LogP contribution is 2.45. The Morgan fingerprint density at radius 2 is 1.84 bits per heavy atom. The minimum atomic E-state index is -0.849. The number of carbonyl (C=O) groups excluding carboxylic acids is 3. The lowest BCUT2D eigenvalue weighted by atomic mass is 9.65.